The van der Waals surface area contributed by atoms with Crippen LogP contribution in [0.2, 0.25) is 0 Å². The number of hydrogen-bond acceptors (Lipinski definition) is 5. The summed E-state index contributed by atoms with van der Waals surface area (Å²) in [5.74, 6) is -0.457. The van der Waals surface area contributed by atoms with Crippen molar-refractivity contribution in [3.05, 3.63) is 0 Å². The fraction of sp³-hybridized carbons (Fsp3) is 0.500. The van der Waals surface area contributed by atoms with Crippen molar-refractivity contribution in [3.8, 4) is 6.07 Å². The summed E-state index contributed by atoms with van der Waals surface area (Å²) in [6.07, 6.45) is 0.0695. The Morgan fingerprint density at radius 3 is 2.92 bits per heavy atom. The topological polar surface area (TPSA) is 97.9 Å². The minimum atomic E-state index is -0.457. The fourth-order valence-corrected chi connectivity index (χ4v) is 0.552. The zero-order valence-corrected chi connectivity index (χ0v) is 7.10. The maximum absolute atomic E-state index is 11.0. The van der Waals surface area contributed by atoms with Gasteiger partial charge in [0.05, 0.1) is 6.07 Å². The highest BCUT2D eigenvalue weighted by Crippen LogP contribution is 1.94. The van der Waals surface area contributed by atoms with E-state index in [1.807, 2.05) is 5.43 Å². The van der Waals surface area contributed by atoms with Crippen molar-refractivity contribution >= 4 is 12.3 Å². The molecule has 0 atom stereocenters. The number of amides is 2. The Bertz CT molecular complexity index is 244. The van der Waals surface area contributed by atoms with Crippen LogP contribution >= 0.6 is 0 Å². The summed E-state index contributed by atoms with van der Waals surface area (Å²) in [7, 11) is 0. The maximum atomic E-state index is 11.0. The van der Waals surface area contributed by atoms with Crippen molar-refractivity contribution in [2.75, 3.05) is 6.54 Å². The highest BCUT2D eigenvalue weighted by Gasteiger charge is 2.09. The number of carbonyl (C=O) groups excluding carboxylic acids is 2. The minimum absolute atomic E-state index is 0.256. The third-order valence-corrected chi connectivity index (χ3v) is 1.08. The van der Waals surface area contributed by atoms with E-state index in [0.29, 0.717) is 13.0 Å². The third kappa shape index (κ3) is 4.47. The largest absolute Gasteiger partial charge is 0.277 e. The lowest BCUT2D eigenvalue weighted by Gasteiger charge is -2.09. The van der Waals surface area contributed by atoms with Gasteiger partial charge in [-0.3, -0.25) is 9.59 Å². The van der Waals surface area contributed by atoms with Crippen molar-refractivity contribution in [3.63, 3.8) is 0 Å². The number of carbonyl (C=O) groups is 2. The average Bonchev–Trinajstić information content (AvgIpc) is 2.13. The van der Waals surface area contributed by atoms with E-state index in [1.165, 1.54) is 0 Å². The Morgan fingerprint density at radius 2 is 2.46 bits per heavy atom. The van der Waals surface area contributed by atoms with Gasteiger partial charge in [0.2, 0.25) is 6.41 Å². The third-order valence-electron chi connectivity index (χ3n) is 1.08. The zero-order valence-electron chi connectivity index (χ0n) is 7.10. The zero-order chi connectivity index (χ0) is 10.1. The predicted octanol–water partition coefficient (Wildman–Crippen LogP) is -0.223. The van der Waals surface area contributed by atoms with Crippen molar-refractivity contribution in [1.29, 1.82) is 5.26 Å². The molecule has 0 heterocycles. The molecule has 0 aliphatic rings. The molecule has 70 valence electrons. The molecule has 0 aromatic rings. The van der Waals surface area contributed by atoms with Crippen LogP contribution in [0.1, 0.15) is 13.3 Å². The molecule has 0 bridgehead atoms. The Labute approximate surface area is 75.0 Å². The van der Waals surface area contributed by atoms with Gasteiger partial charge in [-0.1, -0.05) is 0 Å². The molecule has 2 amide bonds. The van der Waals surface area contributed by atoms with E-state index >= 15 is 0 Å². The van der Waals surface area contributed by atoms with Crippen LogP contribution in [0.5, 0.6) is 0 Å². The summed E-state index contributed by atoms with van der Waals surface area (Å²) in [6.45, 7) is 1.97. The highest BCUT2D eigenvalue weighted by molar-refractivity contribution is 5.77. The van der Waals surface area contributed by atoms with E-state index in [2.05, 4.69) is 10.4 Å². The van der Waals surface area contributed by atoms with Gasteiger partial charge in [0, 0.05) is 6.54 Å². The van der Waals surface area contributed by atoms with Gasteiger partial charge in [0.25, 0.3) is 5.91 Å². The lowest BCUT2D eigenvalue weighted by molar-refractivity contribution is -0.130. The highest BCUT2D eigenvalue weighted by atomic mass is 16.2. The van der Waals surface area contributed by atoms with E-state index in [1.54, 1.807) is 13.0 Å². The minimum Gasteiger partial charge on any atom is -0.277 e. The molecule has 0 saturated carbocycles. The Morgan fingerprint density at radius 1 is 1.77 bits per heavy atom. The van der Waals surface area contributed by atoms with E-state index in [-0.39, 0.29) is 6.42 Å². The fourth-order valence-electron chi connectivity index (χ4n) is 0.552. The van der Waals surface area contributed by atoms with Crippen LogP contribution in [0.4, 0.5) is 0 Å². The average molecular weight is 183 g/mol. The quantitative estimate of drug-likeness (QED) is 0.362. The molecular weight excluding hydrogens is 174 g/mol. The normalized spacial score (nSPS) is 9.23. The summed E-state index contributed by atoms with van der Waals surface area (Å²) in [5.41, 5.74) is 1.91. The van der Waals surface area contributed by atoms with Crippen molar-refractivity contribution in [2.24, 2.45) is 10.4 Å². The number of nitriles is 1. The number of nitrogens with one attached hydrogen (secondary N) is 1. The van der Waals surface area contributed by atoms with Crippen LogP contribution in [0.25, 0.3) is 0 Å². The number of hydrogen-bond donors (Lipinski definition) is 1. The van der Waals surface area contributed by atoms with Crippen LogP contribution in [-0.4, -0.2) is 23.9 Å². The van der Waals surface area contributed by atoms with Gasteiger partial charge in [-0.05, 0) is 17.4 Å². The first-order valence-corrected chi connectivity index (χ1v) is 3.53. The van der Waals surface area contributed by atoms with Gasteiger partial charge < -0.3 is 0 Å². The molecular formula is C6H9N5O2. The van der Waals surface area contributed by atoms with E-state index in [0.717, 1.165) is 5.01 Å². The first kappa shape index (κ1) is 11.0. The monoisotopic (exact) mass is 183 g/mol. The summed E-state index contributed by atoms with van der Waals surface area (Å²) in [4.78, 5) is 20.8. The maximum Gasteiger partial charge on any atom is 0.258 e. The van der Waals surface area contributed by atoms with Crippen LogP contribution in [-0.2, 0) is 9.59 Å². The molecule has 0 radical (unpaired) electrons. The standard InChI is InChI=1S/C6H9N5O2/c1-2-11(6(13)3-4-7)10-9-8-5-12/h5H,2-3H2,1H3,(H,8,10,12). The molecule has 13 heavy (non-hydrogen) atoms. The molecule has 0 rings (SSSR count). The van der Waals surface area contributed by atoms with Crippen molar-refractivity contribution in [2.45, 2.75) is 13.3 Å². The second-order valence-corrected chi connectivity index (χ2v) is 1.88. The van der Waals surface area contributed by atoms with Gasteiger partial charge in [0.1, 0.15) is 6.42 Å². The summed E-state index contributed by atoms with van der Waals surface area (Å²) in [5, 5.41) is 15.7. The van der Waals surface area contributed by atoms with E-state index < -0.39 is 5.91 Å². The molecule has 7 nitrogen and oxygen atoms in total. The number of nitrogens with zero attached hydrogens (tertiary/aromatic N) is 4. The molecule has 0 unspecified atom stereocenters. The van der Waals surface area contributed by atoms with Crippen LogP contribution in [0.3, 0.4) is 0 Å². The summed E-state index contributed by atoms with van der Waals surface area (Å²) < 4.78 is 0. The second kappa shape index (κ2) is 6.72. The SMILES string of the molecule is CCN(N=NNC=O)C(=O)CC#N. The van der Waals surface area contributed by atoms with Crippen molar-refractivity contribution in [1.82, 2.24) is 10.4 Å². The van der Waals surface area contributed by atoms with E-state index in [9.17, 15) is 9.59 Å². The Kier molecular flexibility index (Phi) is 5.70. The second-order valence-electron chi connectivity index (χ2n) is 1.88. The molecule has 0 spiro atoms. The van der Waals surface area contributed by atoms with Gasteiger partial charge in [-0.2, -0.15) is 5.26 Å². The number of rotatable bonds is 5. The molecule has 0 saturated heterocycles. The molecule has 7 heteroatoms. The first-order valence-electron chi connectivity index (χ1n) is 3.53. The van der Waals surface area contributed by atoms with Crippen molar-refractivity contribution < 1.29 is 9.59 Å². The smallest absolute Gasteiger partial charge is 0.258 e. The lowest BCUT2D eigenvalue weighted by atomic mass is 10.4. The summed E-state index contributed by atoms with van der Waals surface area (Å²) >= 11 is 0. The van der Waals surface area contributed by atoms with Gasteiger partial charge in [0.15, 0.2) is 0 Å². The Hall–Kier alpha value is -1.97. The van der Waals surface area contributed by atoms with Crippen LogP contribution in [0.15, 0.2) is 10.4 Å². The molecule has 0 fully saturated rings. The van der Waals surface area contributed by atoms with Crippen LogP contribution < -0.4 is 5.43 Å². The van der Waals surface area contributed by atoms with Crippen LogP contribution in [0, 0.1) is 11.3 Å². The first-order chi connectivity index (χ1) is 6.26. The molecule has 0 aromatic heterocycles. The van der Waals surface area contributed by atoms with Gasteiger partial charge >= 0.3 is 0 Å². The molecule has 0 aromatic carbocycles. The lowest BCUT2D eigenvalue weighted by Crippen LogP contribution is -2.25. The summed E-state index contributed by atoms with van der Waals surface area (Å²) in [6, 6.07) is 1.69. The molecule has 0 aliphatic carbocycles. The Balaban J connectivity index is 4.10. The van der Waals surface area contributed by atoms with E-state index in [4.69, 9.17) is 5.26 Å². The molecule has 0 aliphatic heterocycles. The van der Waals surface area contributed by atoms with Gasteiger partial charge in [-0.15, -0.1) is 0 Å². The molecule has 1 N–H and O–H groups in total. The van der Waals surface area contributed by atoms with Gasteiger partial charge in [-0.25, -0.2) is 10.4 Å². The predicted molar refractivity (Wildman–Crippen MR) is 41.7 cm³/mol.